The number of carbonyl (C=O) groups is 2. The van der Waals surface area contributed by atoms with Crippen LogP contribution in [0.3, 0.4) is 0 Å². The van der Waals surface area contributed by atoms with Crippen LogP contribution >= 0.6 is 0 Å². The molecule has 0 bridgehead atoms. The van der Waals surface area contributed by atoms with Crippen molar-refractivity contribution in [2.45, 2.75) is 168 Å². The highest BCUT2D eigenvalue weighted by Crippen LogP contribution is 2.15. The largest absolute Gasteiger partial charge is 0.456 e. The first-order valence-corrected chi connectivity index (χ1v) is 21.2. The quantitative estimate of drug-likeness (QED) is 0.0407. The normalized spacial score (nSPS) is 12.0. The van der Waals surface area contributed by atoms with Crippen LogP contribution in [0.15, 0.2) is 24.3 Å². The Balaban J connectivity index is 2.14. The Bertz CT molecular complexity index is 882. The third kappa shape index (κ3) is 25.9. The zero-order valence-electron chi connectivity index (χ0n) is 34.1. The number of carbonyl (C=O) groups excluding carboxylic acids is 2. The lowest BCUT2D eigenvalue weighted by Crippen LogP contribution is -2.43. The molecule has 290 valence electrons. The van der Waals surface area contributed by atoms with Gasteiger partial charge in [0.05, 0.1) is 52.4 Å². The van der Waals surface area contributed by atoms with Crippen LogP contribution in [0, 0.1) is 0 Å². The second kappa shape index (κ2) is 29.6. The summed E-state index contributed by atoms with van der Waals surface area (Å²) in [7, 11) is 8.86. The van der Waals surface area contributed by atoms with Crippen molar-refractivity contribution >= 4 is 11.9 Å². The lowest BCUT2D eigenvalue weighted by atomic mass is 10.1. The van der Waals surface area contributed by atoms with E-state index in [0.29, 0.717) is 24.3 Å². The molecule has 50 heavy (non-hydrogen) atoms. The number of hydrogen-bond donors (Lipinski definition) is 0. The average molecular weight is 703 g/mol. The Morgan fingerprint density at radius 1 is 0.400 bits per heavy atom. The number of rotatable bonds is 34. The summed E-state index contributed by atoms with van der Waals surface area (Å²) in [5.74, 6) is -0.681. The molecular formula is C44H82N2O4+2. The number of unbranched alkanes of at least 4 members (excludes halogenated alkanes) is 22. The second-order valence-corrected chi connectivity index (χ2v) is 16.4. The van der Waals surface area contributed by atoms with Gasteiger partial charge in [-0.2, -0.15) is 0 Å². The molecule has 0 unspecified atom stereocenters. The third-order valence-corrected chi connectivity index (χ3v) is 10.4. The Labute approximate surface area is 310 Å². The first-order valence-electron chi connectivity index (χ1n) is 21.2. The minimum atomic E-state index is -0.341. The van der Waals surface area contributed by atoms with Crippen molar-refractivity contribution in [1.82, 2.24) is 0 Å². The minimum Gasteiger partial charge on any atom is -0.456 e. The van der Waals surface area contributed by atoms with Crippen LogP contribution in [-0.4, -0.2) is 88.5 Å². The van der Waals surface area contributed by atoms with Crippen molar-refractivity contribution in [3.63, 3.8) is 0 Å². The van der Waals surface area contributed by atoms with Crippen LogP contribution in [0.2, 0.25) is 0 Å². The highest BCUT2D eigenvalue weighted by atomic mass is 16.5. The first-order chi connectivity index (χ1) is 24.1. The van der Waals surface area contributed by atoms with E-state index in [-0.39, 0.29) is 11.9 Å². The number of hydrogen-bond acceptors (Lipinski definition) is 4. The van der Waals surface area contributed by atoms with Gasteiger partial charge in [-0.05, 0) is 49.9 Å². The number of quaternary nitrogens is 2. The van der Waals surface area contributed by atoms with Crippen LogP contribution in [0.25, 0.3) is 0 Å². The molecule has 6 heteroatoms. The molecule has 0 atom stereocenters. The van der Waals surface area contributed by atoms with Crippen LogP contribution in [0.4, 0.5) is 0 Å². The molecule has 0 amide bonds. The van der Waals surface area contributed by atoms with Crippen LogP contribution in [0.1, 0.15) is 189 Å². The van der Waals surface area contributed by atoms with Crippen molar-refractivity contribution in [2.24, 2.45) is 0 Å². The molecule has 0 fully saturated rings. The maximum atomic E-state index is 12.6. The van der Waals surface area contributed by atoms with Crippen molar-refractivity contribution in [1.29, 1.82) is 0 Å². The van der Waals surface area contributed by atoms with E-state index >= 15 is 0 Å². The standard InChI is InChI=1S/C44H82N2O4/c1-7-9-11-13-15-17-19-21-23-25-27-29-35-45(3,4)37-39-49-43(47)41-31-33-42(34-32-41)44(48)50-40-38-46(5,6)36-30-28-26-24-22-20-18-16-14-12-10-8-2/h31-34H,7-30,35-40H2,1-6H3/q+2. The van der Waals surface area contributed by atoms with Crippen LogP contribution in [-0.2, 0) is 9.47 Å². The Morgan fingerprint density at radius 2 is 0.640 bits per heavy atom. The molecule has 1 aromatic carbocycles. The molecule has 6 nitrogen and oxygen atoms in total. The second-order valence-electron chi connectivity index (χ2n) is 16.4. The molecule has 0 saturated carbocycles. The van der Waals surface area contributed by atoms with E-state index in [2.05, 4.69) is 42.0 Å². The maximum absolute atomic E-state index is 12.6. The first kappa shape index (κ1) is 46.1. The molecular weight excluding hydrogens is 620 g/mol. The molecule has 0 radical (unpaired) electrons. The van der Waals surface area contributed by atoms with E-state index in [1.54, 1.807) is 24.3 Å². The summed E-state index contributed by atoms with van der Waals surface area (Å²) in [6.45, 7) is 9.12. The van der Waals surface area contributed by atoms with Gasteiger partial charge in [0.25, 0.3) is 0 Å². The number of ether oxygens (including phenoxy) is 2. The summed E-state index contributed by atoms with van der Waals surface area (Å²) >= 11 is 0. The van der Waals surface area contributed by atoms with Crippen molar-refractivity contribution < 1.29 is 28.0 Å². The number of likely N-dealkylation sites (N-methyl/N-ethyl adjacent to an activating group) is 2. The zero-order chi connectivity index (χ0) is 36.8. The predicted molar refractivity (Wildman–Crippen MR) is 213 cm³/mol. The van der Waals surface area contributed by atoms with E-state index in [1.807, 2.05) is 0 Å². The van der Waals surface area contributed by atoms with Gasteiger partial charge in [-0.3, -0.25) is 0 Å². The lowest BCUT2D eigenvalue weighted by molar-refractivity contribution is -0.890. The Kier molecular flexibility index (Phi) is 27.3. The van der Waals surface area contributed by atoms with E-state index in [9.17, 15) is 9.59 Å². The highest BCUT2D eigenvalue weighted by Gasteiger charge is 2.18. The zero-order valence-corrected chi connectivity index (χ0v) is 34.1. The molecule has 0 saturated heterocycles. The van der Waals surface area contributed by atoms with Gasteiger partial charge in [-0.15, -0.1) is 0 Å². The lowest BCUT2D eigenvalue weighted by Gasteiger charge is -2.29. The molecule has 1 rings (SSSR count). The van der Waals surface area contributed by atoms with Crippen molar-refractivity contribution in [2.75, 3.05) is 67.6 Å². The van der Waals surface area contributed by atoms with Crippen LogP contribution in [0.5, 0.6) is 0 Å². The summed E-state index contributed by atoms with van der Waals surface area (Å²) in [4.78, 5) is 25.3. The van der Waals surface area contributed by atoms with Gasteiger partial charge >= 0.3 is 11.9 Å². The van der Waals surface area contributed by atoms with Gasteiger partial charge in [-0.1, -0.05) is 142 Å². The summed E-state index contributed by atoms with van der Waals surface area (Å²) in [6.07, 6.45) is 32.6. The summed E-state index contributed by atoms with van der Waals surface area (Å²) in [5, 5.41) is 0. The molecule has 0 heterocycles. The van der Waals surface area contributed by atoms with E-state index in [4.69, 9.17) is 9.47 Å². The third-order valence-electron chi connectivity index (χ3n) is 10.4. The van der Waals surface area contributed by atoms with Crippen LogP contribution < -0.4 is 0 Å². The minimum absolute atomic E-state index is 0.341. The monoisotopic (exact) mass is 703 g/mol. The van der Waals surface area contributed by atoms with E-state index in [0.717, 1.165) is 35.1 Å². The fraction of sp³-hybridized carbons (Fsp3) is 0.818. The highest BCUT2D eigenvalue weighted by molar-refractivity contribution is 5.93. The molecule has 0 aliphatic carbocycles. The van der Waals surface area contributed by atoms with Gasteiger partial charge in [0, 0.05) is 0 Å². The van der Waals surface area contributed by atoms with Gasteiger partial charge in [-0.25, -0.2) is 9.59 Å². The Hall–Kier alpha value is -1.92. The number of nitrogens with zero attached hydrogens (tertiary/aromatic N) is 2. The molecule has 0 aromatic heterocycles. The molecule has 0 aliphatic rings. The molecule has 0 spiro atoms. The molecule has 0 aliphatic heterocycles. The van der Waals surface area contributed by atoms with Gasteiger partial charge < -0.3 is 18.4 Å². The van der Waals surface area contributed by atoms with Gasteiger partial charge in [0.2, 0.25) is 0 Å². The summed E-state index contributed by atoms with van der Waals surface area (Å²) in [5.41, 5.74) is 0.932. The molecule has 0 N–H and O–H groups in total. The molecule has 1 aromatic rings. The topological polar surface area (TPSA) is 52.6 Å². The number of esters is 2. The fourth-order valence-electron chi connectivity index (χ4n) is 6.67. The Morgan fingerprint density at radius 3 is 0.900 bits per heavy atom. The average Bonchev–Trinajstić information content (AvgIpc) is 3.09. The van der Waals surface area contributed by atoms with Gasteiger partial charge in [0.1, 0.15) is 26.3 Å². The van der Waals surface area contributed by atoms with E-state index in [1.165, 1.54) is 154 Å². The summed E-state index contributed by atoms with van der Waals surface area (Å²) in [6, 6.07) is 6.66. The smallest absolute Gasteiger partial charge is 0.338 e. The SMILES string of the molecule is CCCCCCCCCCCCCC[N+](C)(C)CCOC(=O)c1ccc(C(=O)OCC[N+](C)(C)CCCCCCCCCCCCCC)cc1. The fourth-order valence-corrected chi connectivity index (χ4v) is 6.67. The van der Waals surface area contributed by atoms with E-state index < -0.39 is 0 Å². The van der Waals surface area contributed by atoms with Gasteiger partial charge in [0.15, 0.2) is 0 Å². The van der Waals surface area contributed by atoms with Crippen molar-refractivity contribution in [3.8, 4) is 0 Å². The van der Waals surface area contributed by atoms with Crippen molar-refractivity contribution in [3.05, 3.63) is 35.4 Å². The summed E-state index contributed by atoms with van der Waals surface area (Å²) < 4.78 is 12.9. The number of benzene rings is 1. The maximum Gasteiger partial charge on any atom is 0.338 e. The predicted octanol–water partition coefficient (Wildman–Crippen LogP) is 11.6.